The lowest BCUT2D eigenvalue weighted by molar-refractivity contribution is 0.0955. The number of nitrogens with one attached hydrogen (secondary N) is 2. The van der Waals surface area contributed by atoms with Gasteiger partial charge in [-0.3, -0.25) is 4.79 Å². The van der Waals surface area contributed by atoms with Gasteiger partial charge in [0.15, 0.2) is 5.16 Å². The second kappa shape index (κ2) is 8.59. The maximum atomic E-state index is 12.6. The number of amides is 1. The van der Waals surface area contributed by atoms with Crippen LogP contribution in [-0.2, 0) is 0 Å². The maximum absolute atomic E-state index is 12.6. The lowest BCUT2D eigenvalue weighted by Gasteiger charge is -2.08. The summed E-state index contributed by atoms with van der Waals surface area (Å²) >= 11 is 1.65. The molecule has 0 aliphatic heterocycles. The Morgan fingerprint density at radius 3 is 2.83 bits per heavy atom. The molecule has 1 aromatic heterocycles. The first-order chi connectivity index (χ1) is 14.5. The molecule has 1 heterocycles. The van der Waals surface area contributed by atoms with Gasteiger partial charge >= 0.3 is 0 Å². The number of hydrazone groups is 1. The van der Waals surface area contributed by atoms with Gasteiger partial charge in [0.05, 0.1) is 24.4 Å². The van der Waals surface area contributed by atoms with Crippen molar-refractivity contribution in [2.45, 2.75) is 24.3 Å². The molecule has 30 heavy (non-hydrogen) atoms. The third-order valence-corrected chi connectivity index (χ3v) is 5.47. The Hall–Kier alpha value is -3.32. The van der Waals surface area contributed by atoms with Gasteiger partial charge in [-0.05, 0) is 35.0 Å². The minimum absolute atomic E-state index is 0.292. The number of methoxy groups -OCH3 is 1. The fourth-order valence-corrected chi connectivity index (χ4v) is 3.98. The molecule has 6 nitrogen and oxygen atoms in total. The molecule has 0 fully saturated rings. The van der Waals surface area contributed by atoms with E-state index in [1.165, 1.54) is 0 Å². The second-order valence-corrected chi connectivity index (χ2v) is 8.61. The highest BCUT2D eigenvalue weighted by molar-refractivity contribution is 7.99. The molecule has 0 unspecified atom stereocenters. The molecule has 0 saturated carbocycles. The van der Waals surface area contributed by atoms with E-state index in [9.17, 15) is 4.79 Å². The normalized spacial score (nSPS) is 11.6. The van der Waals surface area contributed by atoms with E-state index in [4.69, 9.17) is 4.74 Å². The molecule has 0 atom stereocenters. The largest absolute Gasteiger partial charge is 0.496 e. The SMILES string of the molecule is COc1ccc2ccccc2c1/C=N\NC(=O)c1ccc2nc(SC(C)C)[nH]c2c1. The van der Waals surface area contributed by atoms with Gasteiger partial charge < -0.3 is 9.72 Å². The summed E-state index contributed by atoms with van der Waals surface area (Å²) in [6.07, 6.45) is 1.62. The molecular weight excluding hydrogens is 396 g/mol. The highest BCUT2D eigenvalue weighted by Crippen LogP contribution is 2.26. The highest BCUT2D eigenvalue weighted by Gasteiger charge is 2.10. The Morgan fingerprint density at radius 1 is 1.20 bits per heavy atom. The first-order valence-corrected chi connectivity index (χ1v) is 10.5. The predicted octanol–water partition coefficient (Wildman–Crippen LogP) is 4.99. The van der Waals surface area contributed by atoms with Gasteiger partial charge in [-0.15, -0.1) is 0 Å². The maximum Gasteiger partial charge on any atom is 0.271 e. The molecule has 7 heteroatoms. The molecule has 0 bridgehead atoms. The number of carbonyl (C=O) groups excluding carboxylic acids is 1. The van der Waals surface area contributed by atoms with Crippen molar-refractivity contribution in [1.29, 1.82) is 0 Å². The number of ether oxygens (including phenoxy) is 1. The van der Waals surface area contributed by atoms with Gasteiger partial charge in [0, 0.05) is 16.4 Å². The average molecular weight is 419 g/mol. The molecular formula is C23H22N4O2S. The topological polar surface area (TPSA) is 79.4 Å². The summed E-state index contributed by atoms with van der Waals surface area (Å²) in [6, 6.07) is 17.2. The zero-order valence-electron chi connectivity index (χ0n) is 17.0. The van der Waals surface area contributed by atoms with E-state index in [1.807, 2.05) is 42.5 Å². The molecule has 0 radical (unpaired) electrons. The molecule has 3 aromatic carbocycles. The Kier molecular flexibility index (Phi) is 5.72. The van der Waals surface area contributed by atoms with Gasteiger partial charge in [-0.2, -0.15) is 5.10 Å². The van der Waals surface area contributed by atoms with Crippen LogP contribution in [0.3, 0.4) is 0 Å². The highest BCUT2D eigenvalue weighted by atomic mass is 32.2. The van der Waals surface area contributed by atoms with E-state index in [-0.39, 0.29) is 5.91 Å². The smallest absolute Gasteiger partial charge is 0.271 e. The van der Waals surface area contributed by atoms with E-state index in [0.717, 1.165) is 32.5 Å². The second-order valence-electron chi connectivity index (χ2n) is 7.04. The lowest BCUT2D eigenvalue weighted by Crippen LogP contribution is -2.17. The summed E-state index contributed by atoms with van der Waals surface area (Å²) in [4.78, 5) is 20.4. The van der Waals surface area contributed by atoms with Crippen LogP contribution in [0.15, 0.2) is 64.9 Å². The molecule has 0 aliphatic rings. The summed E-state index contributed by atoms with van der Waals surface area (Å²) in [5, 5.41) is 7.52. The van der Waals surface area contributed by atoms with Crippen LogP contribution in [0.4, 0.5) is 0 Å². The number of H-pyrrole nitrogens is 1. The zero-order chi connectivity index (χ0) is 21.1. The van der Waals surface area contributed by atoms with Gasteiger partial charge in [0.1, 0.15) is 5.75 Å². The zero-order valence-corrected chi connectivity index (χ0v) is 17.8. The van der Waals surface area contributed by atoms with Gasteiger partial charge in [-0.25, -0.2) is 10.4 Å². The molecule has 152 valence electrons. The Balaban J connectivity index is 1.55. The van der Waals surface area contributed by atoms with Crippen molar-refractivity contribution in [3.05, 3.63) is 65.7 Å². The number of imidazole rings is 1. The van der Waals surface area contributed by atoms with Gasteiger partial charge in [-0.1, -0.05) is 55.9 Å². The van der Waals surface area contributed by atoms with Crippen molar-refractivity contribution >= 4 is 45.7 Å². The molecule has 0 spiro atoms. The lowest BCUT2D eigenvalue weighted by atomic mass is 10.0. The van der Waals surface area contributed by atoms with E-state index in [2.05, 4.69) is 34.3 Å². The summed E-state index contributed by atoms with van der Waals surface area (Å²) in [6.45, 7) is 4.22. The Labute approximate surface area is 178 Å². The molecule has 4 aromatic rings. The quantitative estimate of drug-likeness (QED) is 0.263. The number of aromatic amines is 1. The number of benzene rings is 3. The van der Waals surface area contributed by atoms with Crippen molar-refractivity contribution in [3.63, 3.8) is 0 Å². The third-order valence-electron chi connectivity index (χ3n) is 4.58. The first-order valence-electron chi connectivity index (χ1n) is 9.60. The number of nitrogens with zero attached hydrogens (tertiary/aromatic N) is 2. The van der Waals surface area contributed by atoms with Crippen LogP contribution in [0.25, 0.3) is 21.8 Å². The van der Waals surface area contributed by atoms with Crippen molar-refractivity contribution in [2.75, 3.05) is 7.11 Å². The van der Waals surface area contributed by atoms with Crippen LogP contribution in [0.1, 0.15) is 29.8 Å². The van der Waals surface area contributed by atoms with Crippen molar-refractivity contribution in [2.24, 2.45) is 5.10 Å². The minimum atomic E-state index is -0.292. The summed E-state index contributed by atoms with van der Waals surface area (Å²) in [5.74, 6) is 0.403. The first kappa shape index (κ1) is 20.0. The number of thioether (sulfide) groups is 1. The predicted molar refractivity (Wildman–Crippen MR) is 123 cm³/mol. The van der Waals surface area contributed by atoms with Crippen LogP contribution < -0.4 is 10.2 Å². The number of fused-ring (bicyclic) bond motifs is 2. The Morgan fingerprint density at radius 2 is 2.03 bits per heavy atom. The van der Waals surface area contributed by atoms with Gasteiger partial charge in [0.2, 0.25) is 0 Å². The fourth-order valence-electron chi connectivity index (χ4n) is 3.21. The van der Waals surface area contributed by atoms with E-state index < -0.39 is 0 Å². The minimum Gasteiger partial charge on any atom is -0.496 e. The number of hydrogen-bond acceptors (Lipinski definition) is 5. The summed E-state index contributed by atoms with van der Waals surface area (Å²) in [5.41, 5.74) is 5.58. The van der Waals surface area contributed by atoms with Crippen LogP contribution in [0.2, 0.25) is 0 Å². The number of carbonyl (C=O) groups is 1. The Bertz CT molecular complexity index is 1250. The van der Waals surface area contributed by atoms with Crippen molar-refractivity contribution in [1.82, 2.24) is 15.4 Å². The summed E-state index contributed by atoms with van der Waals surface area (Å²) < 4.78 is 5.46. The van der Waals surface area contributed by atoms with E-state index >= 15 is 0 Å². The van der Waals surface area contributed by atoms with Crippen LogP contribution in [-0.4, -0.2) is 34.4 Å². The standard InChI is InChI=1S/C23H22N4O2S/c1-14(2)30-23-25-19-10-8-16(12-20(19)26-23)22(28)27-24-13-18-17-7-5-4-6-15(17)9-11-21(18)29-3/h4-14H,1-3H3,(H,25,26)(H,27,28)/b24-13-. The average Bonchev–Trinajstić information content (AvgIpc) is 3.14. The molecule has 0 saturated heterocycles. The molecule has 1 amide bonds. The number of rotatable bonds is 6. The van der Waals surface area contributed by atoms with Crippen molar-refractivity contribution in [3.8, 4) is 5.75 Å². The van der Waals surface area contributed by atoms with Crippen LogP contribution in [0, 0.1) is 0 Å². The molecule has 2 N–H and O–H groups in total. The van der Waals surface area contributed by atoms with Crippen LogP contribution in [0.5, 0.6) is 5.75 Å². The van der Waals surface area contributed by atoms with Gasteiger partial charge in [0.25, 0.3) is 5.91 Å². The molecule has 0 aliphatic carbocycles. The van der Waals surface area contributed by atoms with Crippen LogP contribution >= 0.6 is 11.8 Å². The summed E-state index contributed by atoms with van der Waals surface area (Å²) in [7, 11) is 1.62. The number of hydrogen-bond donors (Lipinski definition) is 2. The third kappa shape index (κ3) is 4.16. The van der Waals surface area contributed by atoms with E-state index in [0.29, 0.717) is 16.6 Å². The van der Waals surface area contributed by atoms with Crippen molar-refractivity contribution < 1.29 is 9.53 Å². The monoisotopic (exact) mass is 418 g/mol. The molecule has 4 rings (SSSR count). The number of aromatic nitrogens is 2. The van der Waals surface area contributed by atoms with E-state index in [1.54, 1.807) is 37.2 Å². The fraction of sp³-hybridized carbons (Fsp3) is 0.174.